The summed E-state index contributed by atoms with van der Waals surface area (Å²) in [7, 11) is 0.369. The minimum absolute atomic E-state index is 0.0118. The van der Waals surface area contributed by atoms with E-state index in [1.165, 1.54) is 19.2 Å². The van der Waals surface area contributed by atoms with Crippen molar-refractivity contribution in [3.8, 4) is 5.75 Å². The number of fused-ring (bicyclic) bond motifs is 1. The molecule has 8 nitrogen and oxygen atoms in total. The Balaban J connectivity index is 1.35. The molecule has 1 spiro atoms. The number of benzene rings is 3. The highest BCUT2D eigenvalue weighted by molar-refractivity contribution is 7.86. The van der Waals surface area contributed by atoms with Gasteiger partial charge in [-0.1, -0.05) is 6.07 Å². The molecule has 3 heterocycles. The van der Waals surface area contributed by atoms with Gasteiger partial charge in [0.25, 0.3) is 17.7 Å². The number of anilines is 2. The lowest BCUT2D eigenvalue weighted by atomic mass is 9.82. The molecule has 0 saturated carbocycles. The Morgan fingerprint density at radius 2 is 1.59 bits per heavy atom. The average Bonchev–Trinajstić information content (AvgIpc) is 3.35. The van der Waals surface area contributed by atoms with Gasteiger partial charge in [-0.05, 0) is 55.0 Å². The standard InChI is InChI=1S/C32H24F7N3O5S2/c1-15-7-23(47-2)20(10-19(15)29(45)42-11-30(12-42)13-49(46)14-30)27(43)41-25-18-5-3-16(31(34,35)36)8-24(18)48-26(25)28(44)40-17-4-6-22(33)21(9-17)32(37,38)39/h3-10H,11-14H2,1-2H3,(H,40,44)(H,41,43). The summed E-state index contributed by atoms with van der Waals surface area (Å²) in [6, 6.07) is 7.01. The van der Waals surface area contributed by atoms with E-state index in [4.69, 9.17) is 4.74 Å². The highest BCUT2D eigenvalue weighted by Gasteiger charge is 2.53. The Hall–Kier alpha value is -4.51. The summed E-state index contributed by atoms with van der Waals surface area (Å²) in [6.45, 7) is 2.45. The fraction of sp³-hybridized carbons (Fsp3) is 0.281. The van der Waals surface area contributed by atoms with E-state index in [0.717, 1.165) is 24.3 Å². The summed E-state index contributed by atoms with van der Waals surface area (Å²) in [6.07, 6.45) is -9.84. The van der Waals surface area contributed by atoms with Crippen LogP contribution in [0.3, 0.4) is 0 Å². The van der Waals surface area contributed by atoms with Crippen molar-refractivity contribution in [1.82, 2.24) is 4.90 Å². The van der Waals surface area contributed by atoms with Crippen LogP contribution >= 0.6 is 11.3 Å². The molecule has 0 unspecified atom stereocenters. The van der Waals surface area contributed by atoms with Gasteiger partial charge in [-0.25, -0.2) is 4.39 Å². The molecule has 0 bridgehead atoms. The minimum atomic E-state index is -5.09. The van der Waals surface area contributed by atoms with Gasteiger partial charge in [0.1, 0.15) is 16.4 Å². The zero-order valence-electron chi connectivity index (χ0n) is 25.4. The lowest BCUT2D eigenvalue weighted by molar-refractivity contribution is -0.140. The van der Waals surface area contributed by atoms with Crippen LogP contribution in [0.1, 0.15) is 47.1 Å². The van der Waals surface area contributed by atoms with Gasteiger partial charge in [-0.3, -0.25) is 18.6 Å². The summed E-state index contributed by atoms with van der Waals surface area (Å²) < 4.78 is 111. The van der Waals surface area contributed by atoms with Crippen molar-refractivity contribution >= 4 is 61.3 Å². The van der Waals surface area contributed by atoms with E-state index in [1.807, 2.05) is 0 Å². The second-order valence-corrected chi connectivity index (χ2v) is 14.4. The predicted octanol–water partition coefficient (Wildman–Crippen LogP) is 7.10. The highest BCUT2D eigenvalue weighted by atomic mass is 32.2. The van der Waals surface area contributed by atoms with Crippen molar-refractivity contribution < 1.29 is 54.1 Å². The molecule has 49 heavy (non-hydrogen) atoms. The van der Waals surface area contributed by atoms with Gasteiger partial charge in [0, 0.05) is 62.1 Å². The van der Waals surface area contributed by atoms with Gasteiger partial charge < -0.3 is 20.3 Å². The number of likely N-dealkylation sites (tertiary alicyclic amines) is 1. The lowest BCUT2D eigenvalue weighted by Crippen LogP contribution is -2.68. The first kappa shape index (κ1) is 34.4. The van der Waals surface area contributed by atoms with E-state index in [9.17, 15) is 49.3 Å². The van der Waals surface area contributed by atoms with Crippen LogP contribution in [0.2, 0.25) is 0 Å². The SMILES string of the molecule is COc1cc(C)c(C(=O)N2CC3(C2)CS(=O)C3)cc1C(=O)Nc1c(C(=O)Nc2ccc(F)c(C(F)(F)F)c2)sc2cc(C(F)(F)F)ccc12. The number of thiophene rings is 1. The van der Waals surface area contributed by atoms with Gasteiger partial charge in [0.05, 0.1) is 29.5 Å². The monoisotopic (exact) mass is 727 g/mol. The number of nitrogens with zero attached hydrogens (tertiary/aromatic N) is 1. The number of hydrogen-bond donors (Lipinski definition) is 2. The van der Waals surface area contributed by atoms with Crippen LogP contribution in [-0.2, 0) is 23.2 Å². The highest BCUT2D eigenvalue weighted by Crippen LogP contribution is 2.43. The largest absolute Gasteiger partial charge is 0.496 e. The van der Waals surface area contributed by atoms with Gasteiger partial charge in [-0.2, -0.15) is 26.3 Å². The van der Waals surface area contributed by atoms with Crippen LogP contribution in [-0.4, -0.2) is 58.5 Å². The van der Waals surface area contributed by atoms with Crippen molar-refractivity contribution in [2.24, 2.45) is 5.41 Å². The molecule has 1 aromatic heterocycles. The molecule has 4 aromatic rings. The molecule has 2 saturated heterocycles. The van der Waals surface area contributed by atoms with Gasteiger partial charge >= 0.3 is 12.4 Å². The number of ether oxygens (including phenoxy) is 1. The molecular weight excluding hydrogens is 703 g/mol. The summed E-state index contributed by atoms with van der Waals surface area (Å²) in [5.41, 5.74) is -3.10. The molecule has 258 valence electrons. The topological polar surface area (TPSA) is 105 Å². The number of aryl methyl sites for hydroxylation is 1. The Bertz CT molecular complexity index is 2060. The molecule has 0 aliphatic carbocycles. The molecule has 3 aromatic carbocycles. The van der Waals surface area contributed by atoms with E-state index in [0.29, 0.717) is 53.6 Å². The van der Waals surface area contributed by atoms with Gasteiger partial charge in [0.2, 0.25) is 0 Å². The fourth-order valence-electron chi connectivity index (χ4n) is 5.90. The normalized spacial score (nSPS) is 15.9. The number of amides is 3. The molecule has 17 heteroatoms. The molecule has 2 fully saturated rings. The third kappa shape index (κ3) is 6.48. The zero-order valence-corrected chi connectivity index (χ0v) is 27.0. The molecule has 2 aliphatic rings. The van der Waals surface area contributed by atoms with E-state index in [2.05, 4.69) is 10.6 Å². The molecule has 0 atom stereocenters. The maximum Gasteiger partial charge on any atom is 0.419 e. The number of rotatable bonds is 6. The van der Waals surface area contributed by atoms with Crippen LogP contribution in [0.25, 0.3) is 10.1 Å². The Morgan fingerprint density at radius 1 is 0.898 bits per heavy atom. The second kappa shape index (κ2) is 12.1. The third-order valence-electron chi connectivity index (χ3n) is 8.29. The Labute approximate surface area is 279 Å². The molecule has 6 rings (SSSR count). The predicted molar refractivity (Wildman–Crippen MR) is 168 cm³/mol. The van der Waals surface area contributed by atoms with Crippen LogP contribution in [0, 0.1) is 18.2 Å². The van der Waals surface area contributed by atoms with E-state index in [1.54, 1.807) is 11.8 Å². The summed E-state index contributed by atoms with van der Waals surface area (Å²) in [5.74, 6) is -2.92. The Morgan fingerprint density at radius 3 is 2.20 bits per heavy atom. The molecule has 0 radical (unpaired) electrons. The summed E-state index contributed by atoms with van der Waals surface area (Å²) >= 11 is 0.537. The maximum absolute atomic E-state index is 13.9. The molecule has 2 aliphatic heterocycles. The summed E-state index contributed by atoms with van der Waals surface area (Å²) in [5, 5.41) is 4.73. The fourth-order valence-corrected chi connectivity index (χ4v) is 8.64. The minimum Gasteiger partial charge on any atom is -0.496 e. The molecule has 2 N–H and O–H groups in total. The van der Waals surface area contributed by atoms with Crippen molar-refractivity contribution in [3.63, 3.8) is 0 Å². The average molecular weight is 728 g/mol. The molecule has 3 amide bonds. The second-order valence-electron chi connectivity index (χ2n) is 11.9. The van der Waals surface area contributed by atoms with Crippen molar-refractivity contribution in [3.05, 3.63) is 87.0 Å². The van der Waals surface area contributed by atoms with Crippen LogP contribution in [0.5, 0.6) is 5.75 Å². The maximum atomic E-state index is 13.9. The van der Waals surface area contributed by atoms with Crippen LogP contribution in [0.4, 0.5) is 42.1 Å². The number of methoxy groups -OCH3 is 1. The van der Waals surface area contributed by atoms with E-state index >= 15 is 0 Å². The third-order valence-corrected chi connectivity index (χ3v) is 11.3. The van der Waals surface area contributed by atoms with E-state index in [-0.39, 0.29) is 48.8 Å². The number of carbonyl (C=O) groups is 3. The smallest absolute Gasteiger partial charge is 0.419 e. The first-order valence-electron chi connectivity index (χ1n) is 14.4. The number of hydrogen-bond acceptors (Lipinski definition) is 6. The zero-order chi connectivity index (χ0) is 35.6. The van der Waals surface area contributed by atoms with Gasteiger partial charge in [-0.15, -0.1) is 11.3 Å². The van der Waals surface area contributed by atoms with Crippen LogP contribution < -0.4 is 15.4 Å². The Kier molecular flexibility index (Phi) is 8.50. The van der Waals surface area contributed by atoms with Crippen molar-refractivity contribution in [2.45, 2.75) is 19.3 Å². The first-order valence-corrected chi connectivity index (χ1v) is 16.7. The van der Waals surface area contributed by atoms with Crippen molar-refractivity contribution in [2.75, 3.05) is 42.3 Å². The lowest BCUT2D eigenvalue weighted by Gasteiger charge is -2.54. The van der Waals surface area contributed by atoms with E-state index < -0.39 is 57.6 Å². The number of nitrogens with one attached hydrogen (secondary N) is 2. The number of halogens is 7. The van der Waals surface area contributed by atoms with Crippen molar-refractivity contribution in [1.29, 1.82) is 0 Å². The quantitative estimate of drug-likeness (QED) is 0.206. The molecular formula is C32H24F7N3O5S2. The summed E-state index contributed by atoms with van der Waals surface area (Å²) in [4.78, 5) is 41.8. The first-order chi connectivity index (χ1) is 22.9. The number of alkyl halides is 6. The number of carbonyl (C=O) groups excluding carboxylic acids is 3. The van der Waals surface area contributed by atoms with Gasteiger partial charge in [0.15, 0.2) is 0 Å². The van der Waals surface area contributed by atoms with Crippen LogP contribution in [0.15, 0.2) is 48.5 Å².